The molecule has 6 aromatic carbocycles. The molecule has 17 heteroatoms. The van der Waals surface area contributed by atoms with Gasteiger partial charge in [-0.1, -0.05) is 85.0 Å². The Kier molecular flexibility index (Phi) is 12.9. The summed E-state index contributed by atoms with van der Waals surface area (Å²) in [6.07, 6.45) is 0. The number of para-hydroxylation sites is 2. The molecule has 0 aliphatic rings. The summed E-state index contributed by atoms with van der Waals surface area (Å²) in [5.74, 6) is -1.66. The molecule has 2 heterocycles. The van der Waals surface area contributed by atoms with Crippen molar-refractivity contribution in [1.82, 2.24) is 19.9 Å². The number of halogens is 6. The molecule has 0 aliphatic carbocycles. The predicted octanol–water partition coefficient (Wildman–Crippen LogP) is 11.8. The fourth-order valence-corrected chi connectivity index (χ4v) is 8.14. The lowest BCUT2D eigenvalue weighted by Crippen LogP contribution is -2.13. The van der Waals surface area contributed by atoms with Crippen molar-refractivity contribution >= 4 is 89.3 Å². The Bertz CT molecular complexity index is 2830. The number of nitrogens with zero attached hydrogens (tertiary/aromatic N) is 2. The Labute approximate surface area is 342 Å². The smallest absolute Gasteiger partial charge is 0.262 e. The van der Waals surface area contributed by atoms with E-state index < -0.39 is 38.5 Å². The number of anilines is 2. The maximum absolute atomic E-state index is 14.2. The number of nitrogens with one attached hydrogen (secondary N) is 4. The monoisotopic (exact) mass is 868 g/mol. The third kappa shape index (κ3) is 9.27. The fraction of sp³-hybridized carbons (Fsp3) is 0.0500. The summed E-state index contributed by atoms with van der Waals surface area (Å²) in [5, 5.41) is 0.934. The Morgan fingerprint density at radius 1 is 0.596 bits per heavy atom. The van der Waals surface area contributed by atoms with Gasteiger partial charge in [-0.05, 0) is 84.9 Å². The van der Waals surface area contributed by atoms with Crippen molar-refractivity contribution in [2.75, 3.05) is 9.44 Å². The van der Waals surface area contributed by atoms with Gasteiger partial charge in [0.15, 0.2) is 0 Å². The van der Waals surface area contributed by atoms with Crippen LogP contribution in [0.25, 0.3) is 44.8 Å². The van der Waals surface area contributed by atoms with Crippen LogP contribution in [0.15, 0.2) is 131 Å². The Morgan fingerprint density at radius 2 is 1.09 bits per heavy atom. The van der Waals surface area contributed by atoms with Gasteiger partial charge in [-0.3, -0.25) is 9.44 Å². The largest absolute Gasteiger partial charge is 0.338 e. The topological polar surface area (TPSA) is 133 Å². The molecule has 9 nitrogen and oxygen atoms in total. The molecule has 8 aromatic rings. The summed E-state index contributed by atoms with van der Waals surface area (Å²) in [7, 11) is -5.46. The van der Waals surface area contributed by atoms with Crippen molar-refractivity contribution in [3.05, 3.63) is 154 Å². The molecule has 0 bridgehead atoms. The summed E-state index contributed by atoms with van der Waals surface area (Å²) in [5.41, 5.74) is 2.63. The van der Waals surface area contributed by atoms with Gasteiger partial charge in [-0.2, -0.15) is 0 Å². The minimum atomic E-state index is -3.88. The molecule has 0 spiro atoms. The lowest BCUT2D eigenvalue weighted by molar-refractivity contribution is 0.588. The van der Waals surface area contributed by atoms with Gasteiger partial charge < -0.3 is 9.97 Å². The Balaban J connectivity index is 0.000000185. The fourth-order valence-electron chi connectivity index (χ4n) is 5.40. The summed E-state index contributed by atoms with van der Waals surface area (Å²) in [4.78, 5) is 14.8. The second-order valence-electron chi connectivity index (χ2n) is 11.7. The van der Waals surface area contributed by atoms with E-state index in [-0.39, 0.29) is 43.4 Å². The quantitative estimate of drug-likeness (QED) is 0.121. The number of aromatic amines is 2. The second-order valence-corrected chi connectivity index (χ2v) is 15.8. The van der Waals surface area contributed by atoms with Crippen molar-refractivity contribution in [2.24, 2.45) is 0 Å². The van der Waals surface area contributed by atoms with Crippen molar-refractivity contribution in [1.29, 1.82) is 0 Å². The molecule has 0 radical (unpaired) electrons. The number of benzene rings is 6. The molecule has 4 N–H and O–H groups in total. The van der Waals surface area contributed by atoms with E-state index in [1.807, 2.05) is 13.8 Å². The van der Waals surface area contributed by atoms with Gasteiger partial charge in [0.2, 0.25) is 0 Å². The number of fused-ring (bicyclic) bond motifs is 2. The summed E-state index contributed by atoms with van der Waals surface area (Å²) >= 11 is 18.2. The predicted molar refractivity (Wildman–Crippen MR) is 223 cm³/mol. The van der Waals surface area contributed by atoms with Crippen LogP contribution in [0, 0.1) is 17.5 Å². The maximum atomic E-state index is 14.2. The van der Waals surface area contributed by atoms with E-state index >= 15 is 0 Å². The van der Waals surface area contributed by atoms with E-state index in [0.717, 1.165) is 0 Å². The van der Waals surface area contributed by atoms with Gasteiger partial charge in [0, 0.05) is 0 Å². The molecule has 1 unspecified atom stereocenters. The molecule has 57 heavy (non-hydrogen) atoms. The van der Waals surface area contributed by atoms with Crippen LogP contribution in [0.4, 0.5) is 24.5 Å². The average Bonchev–Trinajstić information content (AvgIpc) is 3.81. The third-order valence-corrected chi connectivity index (χ3v) is 11.4. The second kappa shape index (κ2) is 17.8. The van der Waals surface area contributed by atoms with Crippen LogP contribution < -0.4 is 9.44 Å². The Morgan fingerprint density at radius 3 is 1.68 bits per heavy atom. The molecule has 1 atom stereocenters. The van der Waals surface area contributed by atoms with Crippen LogP contribution >= 0.6 is 34.8 Å². The van der Waals surface area contributed by atoms with E-state index in [0.29, 0.717) is 37.7 Å². The third-order valence-electron chi connectivity index (χ3n) is 8.02. The highest BCUT2D eigenvalue weighted by Gasteiger charge is 2.20. The normalized spacial score (nSPS) is 11.6. The van der Waals surface area contributed by atoms with E-state index in [4.69, 9.17) is 34.8 Å². The van der Waals surface area contributed by atoms with Crippen LogP contribution in [0.5, 0.6) is 0 Å². The van der Waals surface area contributed by atoms with Crippen LogP contribution in [-0.2, 0) is 21.0 Å². The van der Waals surface area contributed by atoms with Gasteiger partial charge >= 0.3 is 0 Å². The molecule has 0 saturated heterocycles. The van der Waals surface area contributed by atoms with Crippen LogP contribution in [-0.4, -0.2) is 32.6 Å². The number of aromatic nitrogens is 4. The average molecular weight is 870 g/mol. The standard InChI is InChI=1S/C19H12Cl2FN3O2S.C19H12ClF2N3OS.C2H6/c20-12-4-1-2-7-15(12)25-28(26,27)11-8-9-16-17(10-11)24-19(23-16)18-13(21)5-3-6-14(18)22;20-12-4-1-2-7-15(12)25-27(26)11-8-9-16-17(10-11)24-19(23-16)18-13(21)5-3-6-14(18)22;1-2/h1-10,25H,(H,23,24);1-10,25H,(H,23,24);1-2H3. The minimum Gasteiger partial charge on any atom is -0.338 e. The van der Waals surface area contributed by atoms with Crippen molar-refractivity contribution in [2.45, 2.75) is 23.6 Å². The summed E-state index contributed by atoms with van der Waals surface area (Å²) in [6.45, 7) is 4.00. The number of H-pyrrole nitrogens is 2. The number of hydrogen-bond acceptors (Lipinski definition) is 5. The zero-order valence-corrected chi connectivity index (χ0v) is 33.7. The van der Waals surface area contributed by atoms with E-state index in [2.05, 4.69) is 29.4 Å². The molecule has 8 rings (SSSR count). The number of sulfonamides is 1. The number of imidazole rings is 2. The van der Waals surface area contributed by atoms with Crippen LogP contribution in [0.3, 0.4) is 0 Å². The first-order valence-corrected chi connectivity index (χ1v) is 20.7. The van der Waals surface area contributed by atoms with E-state index in [1.165, 1.54) is 48.5 Å². The lowest BCUT2D eigenvalue weighted by atomic mass is 10.2. The van der Waals surface area contributed by atoms with Gasteiger partial charge in [0.05, 0.1) is 69.4 Å². The van der Waals surface area contributed by atoms with Crippen molar-refractivity contribution in [3.8, 4) is 22.8 Å². The highest BCUT2D eigenvalue weighted by atomic mass is 35.5. The highest BCUT2D eigenvalue weighted by Crippen LogP contribution is 2.32. The first-order chi connectivity index (χ1) is 27.4. The first-order valence-electron chi connectivity index (χ1n) is 17.0. The Hall–Kier alpha value is -5.38. The van der Waals surface area contributed by atoms with Gasteiger partial charge in [-0.15, -0.1) is 0 Å². The molecule has 0 fully saturated rings. The van der Waals surface area contributed by atoms with Crippen molar-refractivity contribution in [3.63, 3.8) is 0 Å². The summed E-state index contributed by atoms with van der Waals surface area (Å²) < 4.78 is 85.4. The maximum Gasteiger partial charge on any atom is 0.262 e. The molecule has 2 aromatic heterocycles. The molecular formula is C40H30Cl3F3N6O3S2. The van der Waals surface area contributed by atoms with Crippen LogP contribution in [0.2, 0.25) is 15.1 Å². The number of hydrogen-bond donors (Lipinski definition) is 4. The van der Waals surface area contributed by atoms with Gasteiger partial charge in [0.25, 0.3) is 10.0 Å². The number of rotatable bonds is 8. The molecular weight excluding hydrogens is 840 g/mol. The highest BCUT2D eigenvalue weighted by molar-refractivity contribution is 7.92. The molecule has 292 valence electrons. The molecule has 0 saturated carbocycles. The van der Waals surface area contributed by atoms with Gasteiger partial charge in [0.1, 0.15) is 40.1 Å². The lowest BCUT2D eigenvalue weighted by Gasteiger charge is -2.09. The van der Waals surface area contributed by atoms with E-state index in [1.54, 1.807) is 72.8 Å². The zero-order valence-electron chi connectivity index (χ0n) is 29.8. The molecule has 0 aliphatic heterocycles. The first kappa shape index (κ1) is 41.3. The van der Waals surface area contributed by atoms with Crippen LogP contribution in [0.1, 0.15) is 13.8 Å². The minimum absolute atomic E-state index is 0.00903. The van der Waals surface area contributed by atoms with E-state index in [9.17, 15) is 25.8 Å². The zero-order chi connectivity index (χ0) is 40.9. The van der Waals surface area contributed by atoms with Gasteiger partial charge in [-0.25, -0.2) is 35.8 Å². The summed E-state index contributed by atoms with van der Waals surface area (Å²) in [6, 6.07) is 30.7. The van der Waals surface area contributed by atoms with Crippen molar-refractivity contribution < 1.29 is 25.8 Å². The SMILES string of the molecule is CC.O=S(=O)(Nc1ccccc1Cl)c1ccc2nc(-c3c(F)cccc3Cl)[nH]c2c1.O=S(Nc1ccccc1Cl)c1ccc2nc(-c3c(F)cccc3F)[nH]c2c1. The molecule has 0 amide bonds.